The molecule has 0 heterocycles. The van der Waals surface area contributed by atoms with Crippen molar-refractivity contribution in [2.75, 3.05) is 0 Å². The Labute approximate surface area is 185 Å². The van der Waals surface area contributed by atoms with Crippen molar-refractivity contribution in [2.24, 2.45) is 17.3 Å². The van der Waals surface area contributed by atoms with Crippen LogP contribution in [0.25, 0.3) is 0 Å². The summed E-state index contributed by atoms with van der Waals surface area (Å²) < 4.78 is 10.3. The van der Waals surface area contributed by atoms with E-state index in [0.717, 1.165) is 44.9 Å². The molecule has 0 aromatic rings. The highest BCUT2D eigenvalue weighted by Crippen LogP contribution is 2.41. The van der Waals surface area contributed by atoms with Crippen LogP contribution in [0.1, 0.15) is 111 Å². The van der Waals surface area contributed by atoms with E-state index in [1.165, 1.54) is 51.0 Å². The van der Waals surface area contributed by atoms with Crippen molar-refractivity contribution in [3.05, 3.63) is 25.7 Å². The summed E-state index contributed by atoms with van der Waals surface area (Å²) in [5.74, 6) is -1.11. The Bertz CT molecular complexity index is 495. The van der Waals surface area contributed by atoms with Crippen molar-refractivity contribution < 1.29 is 19.1 Å². The Morgan fingerprint density at radius 3 is 1.77 bits per heavy atom. The van der Waals surface area contributed by atoms with E-state index in [0.29, 0.717) is 0 Å². The zero-order valence-corrected chi connectivity index (χ0v) is 20.0. The Morgan fingerprint density at radius 1 is 0.767 bits per heavy atom. The molecule has 0 aliphatic rings. The van der Waals surface area contributed by atoms with Gasteiger partial charge in [0, 0.05) is 0 Å². The minimum atomic E-state index is -0.799. The van der Waals surface area contributed by atoms with Crippen LogP contribution in [-0.2, 0) is 19.1 Å². The molecule has 174 valence electrons. The summed E-state index contributed by atoms with van der Waals surface area (Å²) in [4.78, 5) is 25.5. The second-order valence-electron chi connectivity index (χ2n) is 8.87. The molecule has 0 fully saturated rings. The first-order valence-corrected chi connectivity index (χ1v) is 12.0. The third-order valence-corrected chi connectivity index (χ3v) is 6.12. The number of unbranched alkanes of at least 4 members (excludes halogenated alkanes) is 9. The van der Waals surface area contributed by atoms with Crippen molar-refractivity contribution in [1.82, 2.24) is 0 Å². The lowest BCUT2D eigenvalue weighted by atomic mass is 9.68. The van der Waals surface area contributed by atoms with Gasteiger partial charge in [0.05, 0.1) is 23.9 Å². The topological polar surface area (TPSA) is 52.6 Å². The number of rotatable bonds is 19. The summed E-state index contributed by atoms with van der Waals surface area (Å²) in [5, 5.41) is 0. The molecule has 0 aliphatic carbocycles. The van der Waals surface area contributed by atoms with E-state index in [1.807, 2.05) is 13.8 Å². The first-order valence-electron chi connectivity index (χ1n) is 12.0. The minimum Gasteiger partial charge on any atom is -0.435 e. The summed E-state index contributed by atoms with van der Waals surface area (Å²) in [6.07, 6.45) is 16.7. The molecule has 4 nitrogen and oxygen atoms in total. The lowest BCUT2D eigenvalue weighted by molar-refractivity contribution is -0.157. The van der Waals surface area contributed by atoms with Crippen LogP contribution in [0.4, 0.5) is 0 Å². The Kier molecular flexibility index (Phi) is 16.2. The van der Waals surface area contributed by atoms with E-state index in [1.54, 1.807) is 0 Å². The number of carbonyl (C=O) groups excluding carboxylic acids is 2. The smallest absolute Gasteiger partial charge is 0.316 e. The van der Waals surface area contributed by atoms with Gasteiger partial charge in [-0.2, -0.15) is 0 Å². The molecule has 0 aromatic heterocycles. The minimum absolute atomic E-state index is 0.145. The Morgan fingerprint density at radius 2 is 1.23 bits per heavy atom. The molecule has 0 bridgehead atoms. The number of hydrogen-bond acceptors (Lipinski definition) is 4. The first kappa shape index (κ1) is 28.4. The predicted molar refractivity (Wildman–Crippen MR) is 125 cm³/mol. The molecular weight excluding hydrogens is 376 g/mol. The fourth-order valence-corrected chi connectivity index (χ4v) is 4.21. The summed E-state index contributed by atoms with van der Waals surface area (Å²) >= 11 is 0. The number of hydrogen-bond donors (Lipinski definition) is 0. The summed E-state index contributed by atoms with van der Waals surface area (Å²) in [7, 11) is 0. The number of ether oxygens (including phenoxy) is 2. The van der Waals surface area contributed by atoms with Crippen molar-refractivity contribution in [1.29, 1.82) is 0 Å². The van der Waals surface area contributed by atoms with E-state index in [2.05, 4.69) is 27.0 Å². The molecule has 2 unspecified atom stereocenters. The SMILES string of the molecule is C=COC(=O)C(CCCCCCCCCC)C(CCCCC)C(C)(C)C(=O)OC=C. The molecule has 0 radical (unpaired) electrons. The largest absolute Gasteiger partial charge is 0.435 e. The van der Waals surface area contributed by atoms with Crippen molar-refractivity contribution in [2.45, 2.75) is 111 Å². The van der Waals surface area contributed by atoms with Crippen LogP contribution < -0.4 is 0 Å². The van der Waals surface area contributed by atoms with Crippen LogP contribution in [0.5, 0.6) is 0 Å². The van der Waals surface area contributed by atoms with E-state index >= 15 is 0 Å². The van der Waals surface area contributed by atoms with Gasteiger partial charge >= 0.3 is 11.9 Å². The lowest BCUT2D eigenvalue weighted by Gasteiger charge is -2.36. The van der Waals surface area contributed by atoms with E-state index in [-0.39, 0.29) is 23.8 Å². The fourth-order valence-electron chi connectivity index (χ4n) is 4.21. The third kappa shape index (κ3) is 11.0. The Balaban J connectivity index is 5.17. The maximum atomic E-state index is 12.8. The monoisotopic (exact) mass is 422 g/mol. The van der Waals surface area contributed by atoms with Gasteiger partial charge in [0.1, 0.15) is 0 Å². The summed E-state index contributed by atoms with van der Waals surface area (Å²) in [5.41, 5.74) is -0.799. The molecule has 0 N–H and O–H groups in total. The molecule has 2 atom stereocenters. The van der Waals surface area contributed by atoms with Crippen molar-refractivity contribution in [3.63, 3.8) is 0 Å². The second-order valence-corrected chi connectivity index (χ2v) is 8.87. The van der Waals surface area contributed by atoms with Gasteiger partial charge in [0.2, 0.25) is 0 Å². The van der Waals surface area contributed by atoms with Gasteiger partial charge in [-0.05, 0) is 32.6 Å². The molecule has 0 spiro atoms. The molecule has 0 aliphatic heterocycles. The fraction of sp³-hybridized carbons (Fsp3) is 0.769. The van der Waals surface area contributed by atoms with Gasteiger partial charge < -0.3 is 9.47 Å². The van der Waals surface area contributed by atoms with Crippen molar-refractivity contribution in [3.8, 4) is 0 Å². The van der Waals surface area contributed by atoms with Crippen LogP contribution >= 0.6 is 0 Å². The van der Waals surface area contributed by atoms with Crippen LogP contribution in [-0.4, -0.2) is 11.9 Å². The zero-order valence-electron chi connectivity index (χ0n) is 20.0. The molecule has 0 aromatic carbocycles. The normalized spacial score (nSPS) is 13.3. The molecular formula is C26H46O4. The van der Waals surface area contributed by atoms with Crippen molar-refractivity contribution >= 4 is 11.9 Å². The maximum absolute atomic E-state index is 12.8. The summed E-state index contributed by atoms with van der Waals surface area (Å²) in [6, 6.07) is 0. The van der Waals surface area contributed by atoms with E-state index in [4.69, 9.17) is 9.47 Å². The zero-order chi connectivity index (χ0) is 22.8. The van der Waals surface area contributed by atoms with Gasteiger partial charge in [-0.1, -0.05) is 97.6 Å². The molecule has 0 saturated carbocycles. The van der Waals surface area contributed by atoms with Gasteiger partial charge in [0.15, 0.2) is 0 Å². The van der Waals surface area contributed by atoms with Gasteiger partial charge in [-0.15, -0.1) is 0 Å². The molecule has 0 rings (SSSR count). The second kappa shape index (κ2) is 17.1. The van der Waals surface area contributed by atoms with Gasteiger partial charge in [-0.25, -0.2) is 0 Å². The lowest BCUT2D eigenvalue weighted by Crippen LogP contribution is -2.41. The highest BCUT2D eigenvalue weighted by Gasteiger charge is 2.44. The number of carbonyl (C=O) groups is 2. The van der Waals surface area contributed by atoms with Gasteiger partial charge in [0.25, 0.3) is 0 Å². The molecule has 0 amide bonds. The average Bonchev–Trinajstić information content (AvgIpc) is 2.71. The average molecular weight is 423 g/mol. The Hall–Kier alpha value is -1.58. The molecule has 0 saturated heterocycles. The standard InChI is InChI=1S/C26H46O4/c1-7-11-13-14-15-16-17-19-20-22(24(27)29-9-3)23(21-18-12-8-2)26(5,6)25(28)30-10-4/h9-10,22-23H,3-4,7-8,11-21H2,1-2,5-6H3. The van der Waals surface area contributed by atoms with Crippen LogP contribution in [0.3, 0.4) is 0 Å². The maximum Gasteiger partial charge on any atom is 0.316 e. The highest BCUT2D eigenvalue weighted by molar-refractivity contribution is 5.79. The quantitative estimate of drug-likeness (QED) is 0.121. The van der Waals surface area contributed by atoms with E-state index in [9.17, 15) is 9.59 Å². The molecule has 30 heavy (non-hydrogen) atoms. The first-order chi connectivity index (χ1) is 14.4. The predicted octanol–water partition coefficient (Wildman–Crippen LogP) is 7.73. The summed E-state index contributed by atoms with van der Waals surface area (Å²) in [6.45, 7) is 15.2. The van der Waals surface area contributed by atoms with Crippen LogP contribution in [0.2, 0.25) is 0 Å². The third-order valence-electron chi connectivity index (χ3n) is 6.12. The van der Waals surface area contributed by atoms with Gasteiger partial charge in [-0.3, -0.25) is 9.59 Å². The van der Waals surface area contributed by atoms with E-state index < -0.39 is 5.41 Å². The molecule has 4 heteroatoms. The van der Waals surface area contributed by atoms with Crippen LogP contribution in [0, 0.1) is 17.3 Å². The number of esters is 2. The van der Waals surface area contributed by atoms with Crippen LogP contribution in [0.15, 0.2) is 25.7 Å². The highest BCUT2D eigenvalue weighted by atomic mass is 16.5.